The molecule has 15 heavy (non-hydrogen) atoms. The lowest BCUT2D eigenvalue weighted by Gasteiger charge is -2.10. The van der Waals surface area contributed by atoms with Crippen LogP contribution in [0.15, 0.2) is 30.3 Å². The number of nitrogens with two attached hydrogens (primary N) is 1. The summed E-state index contributed by atoms with van der Waals surface area (Å²) in [4.78, 5) is 11.4. The van der Waals surface area contributed by atoms with Gasteiger partial charge in [0.1, 0.15) is 12.6 Å². The third kappa shape index (κ3) is 4.13. The molecule has 0 saturated carbocycles. The Morgan fingerprint density at radius 2 is 2.07 bits per heavy atom. The van der Waals surface area contributed by atoms with E-state index in [1.807, 2.05) is 37.3 Å². The van der Waals surface area contributed by atoms with Crippen LogP contribution in [0, 0.1) is 0 Å². The van der Waals surface area contributed by atoms with Crippen LogP contribution < -0.4 is 5.73 Å². The third-order valence-electron chi connectivity index (χ3n) is 2.13. The molecule has 0 amide bonds. The maximum absolute atomic E-state index is 11.4. The van der Waals surface area contributed by atoms with Gasteiger partial charge in [-0.05, 0) is 12.0 Å². The molecule has 82 valence electrons. The Kier molecular flexibility index (Phi) is 4.84. The molecule has 0 heterocycles. The predicted molar refractivity (Wildman–Crippen MR) is 59.1 cm³/mol. The van der Waals surface area contributed by atoms with E-state index in [2.05, 4.69) is 0 Å². The van der Waals surface area contributed by atoms with E-state index in [1.54, 1.807) is 0 Å². The van der Waals surface area contributed by atoms with Gasteiger partial charge < -0.3 is 10.5 Å². The van der Waals surface area contributed by atoms with E-state index in [4.69, 9.17) is 10.5 Å². The molecule has 0 aromatic heterocycles. The number of rotatable bonds is 5. The molecule has 0 aliphatic rings. The Hall–Kier alpha value is -1.35. The number of hydrogen-bond acceptors (Lipinski definition) is 3. The van der Waals surface area contributed by atoms with Gasteiger partial charge in [0.25, 0.3) is 0 Å². The first-order chi connectivity index (χ1) is 7.24. The second-order valence-corrected chi connectivity index (χ2v) is 3.49. The van der Waals surface area contributed by atoms with Crippen molar-refractivity contribution in [3.05, 3.63) is 35.9 Å². The van der Waals surface area contributed by atoms with E-state index in [0.717, 1.165) is 12.0 Å². The summed E-state index contributed by atoms with van der Waals surface area (Å²) in [7, 11) is 0. The van der Waals surface area contributed by atoms with Crippen LogP contribution in [0.4, 0.5) is 0 Å². The Labute approximate surface area is 90.2 Å². The summed E-state index contributed by atoms with van der Waals surface area (Å²) < 4.78 is 5.08. The zero-order valence-electron chi connectivity index (χ0n) is 8.98. The summed E-state index contributed by atoms with van der Waals surface area (Å²) in [6.07, 6.45) is 1.56. The number of esters is 1. The molecule has 3 heteroatoms. The third-order valence-corrected chi connectivity index (χ3v) is 2.13. The van der Waals surface area contributed by atoms with Crippen LogP contribution in [-0.4, -0.2) is 12.0 Å². The normalized spacial score (nSPS) is 12.1. The van der Waals surface area contributed by atoms with Crippen LogP contribution in [0.2, 0.25) is 0 Å². The highest BCUT2D eigenvalue weighted by Crippen LogP contribution is 2.03. The first-order valence-electron chi connectivity index (χ1n) is 5.20. The highest BCUT2D eigenvalue weighted by Gasteiger charge is 2.13. The van der Waals surface area contributed by atoms with E-state index >= 15 is 0 Å². The van der Waals surface area contributed by atoms with E-state index < -0.39 is 6.04 Å². The van der Waals surface area contributed by atoms with Crippen LogP contribution in [0.5, 0.6) is 0 Å². The second-order valence-electron chi connectivity index (χ2n) is 3.49. The smallest absolute Gasteiger partial charge is 0.323 e. The van der Waals surface area contributed by atoms with E-state index in [-0.39, 0.29) is 5.97 Å². The Morgan fingerprint density at radius 1 is 1.40 bits per heavy atom. The molecule has 0 aliphatic heterocycles. The molecular weight excluding hydrogens is 190 g/mol. The SMILES string of the molecule is CCC[C@@H](N)C(=O)OCc1ccccc1. The molecular formula is C12H17NO2. The summed E-state index contributed by atoms with van der Waals surface area (Å²) >= 11 is 0. The summed E-state index contributed by atoms with van der Waals surface area (Å²) in [5, 5.41) is 0. The molecule has 0 aliphatic carbocycles. The minimum Gasteiger partial charge on any atom is -0.460 e. The lowest BCUT2D eigenvalue weighted by atomic mass is 10.2. The minimum atomic E-state index is -0.487. The molecule has 3 nitrogen and oxygen atoms in total. The topological polar surface area (TPSA) is 52.3 Å². The standard InChI is InChI=1S/C12H17NO2/c1-2-6-11(13)12(14)15-9-10-7-4-3-5-8-10/h3-5,7-8,11H,2,6,9,13H2,1H3/t11-/m1/s1. The lowest BCUT2D eigenvalue weighted by Crippen LogP contribution is -2.31. The lowest BCUT2D eigenvalue weighted by molar-refractivity contribution is -0.146. The zero-order chi connectivity index (χ0) is 11.1. The second kappa shape index (κ2) is 6.19. The summed E-state index contributed by atoms with van der Waals surface area (Å²) in [5.41, 5.74) is 6.60. The number of ether oxygens (including phenoxy) is 1. The highest BCUT2D eigenvalue weighted by molar-refractivity contribution is 5.75. The van der Waals surface area contributed by atoms with Gasteiger partial charge in [0.2, 0.25) is 0 Å². The van der Waals surface area contributed by atoms with E-state index in [0.29, 0.717) is 13.0 Å². The monoisotopic (exact) mass is 207 g/mol. The van der Waals surface area contributed by atoms with E-state index in [9.17, 15) is 4.79 Å². The number of hydrogen-bond donors (Lipinski definition) is 1. The predicted octanol–water partition coefficient (Wildman–Crippen LogP) is 1.86. The number of benzene rings is 1. The molecule has 1 aromatic carbocycles. The molecule has 1 aromatic rings. The van der Waals surface area contributed by atoms with Gasteiger partial charge in [-0.25, -0.2) is 0 Å². The van der Waals surface area contributed by atoms with Gasteiger partial charge in [-0.15, -0.1) is 0 Å². The van der Waals surface area contributed by atoms with Crippen molar-refractivity contribution in [2.24, 2.45) is 5.73 Å². The Bertz CT molecular complexity index is 298. The van der Waals surface area contributed by atoms with Crippen molar-refractivity contribution in [3.8, 4) is 0 Å². The van der Waals surface area contributed by atoms with Gasteiger partial charge in [0, 0.05) is 0 Å². The largest absolute Gasteiger partial charge is 0.460 e. The maximum atomic E-state index is 11.4. The van der Waals surface area contributed by atoms with Gasteiger partial charge >= 0.3 is 5.97 Å². The fourth-order valence-electron chi connectivity index (χ4n) is 1.26. The van der Waals surface area contributed by atoms with Crippen molar-refractivity contribution in [3.63, 3.8) is 0 Å². The Balaban J connectivity index is 2.34. The highest BCUT2D eigenvalue weighted by atomic mass is 16.5. The molecule has 0 fully saturated rings. The van der Waals surface area contributed by atoms with Crippen LogP contribution in [0.25, 0.3) is 0 Å². The van der Waals surface area contributed by atoms with Crippen molar-refractivity contribution < 1.29 is 9.53 Å². The summed E-state index contributed by atoms with van der Waals surface area (Å²) in [6.45, 7) is 2.29. The van der Waals surface area contributed by atoms with Gasteiger partial charge in [-0.2, -0.15) is 0 Å². The van der Waals surface area contributed by atoms with Crippen LogP contribution in [0.3, 0.4) is 0 Å². The molecule has 0 unspecified atom stereocenters. The average molecular weight is 207 g/mol. The van der Waals surface area contributed by atoms with Crippen molar-refractivity contribution >= 4 is 5.97 Å². The van der Waals surface area contributed by atoms with Gasteiger partial charge in [-0.1, -0.05) is 43.7 Å². The minimum absolute atomic E-state index is 0.303. The van der Waals surface area contributed by atoms with Crippen LogP contribution >= 0.6 is 0 Å². The van der Waals surface area contributed by atoms with Crippen molar-refractivity contribution in [2.45, 2.75) is 32.4 Å². The fourth-order valence-corrected chi connectivity index (χ4v) is 1.26. The van der Waals surface area contributed by atoms with Crippen molar-refractivity contribution in [1.82, 2.24) is 0 Å². The first kappa shape index (κ1) is 11.7. The number of carbonyl (C=O) groups is 1. The fraction of sp³-hybridized carbons (Fsp3) is 0.417. The summed E-state index contributed by atoms with van der Waals surface area (Å²) in [6, 6.07) is 9.09. The summed E-state index contributed by atoms with van der Waals surface area (Å²) in [5.74, 6) is -0.319. The molecule has 2 N–H and O–H groups in total. The van der Waals surface area contributed by atoms with E-state index in [1.165, 1.54) is 0 Å². The van der Waals surface area contributed by atoms with Crippen LogP contribution in [-0.2, 0) is 16.1 Å². The zero-order valence-corrected chi connectivity index (χ0v) is 8.98. The van der Waals surface area contributed by atoms with Crippen molar-refractivity contribution in [1.29, 1.82) is 0 Å². The molecule has 0 saturated heterocycles. The molecule has 0 radical (unpaired) electrons. The molecule has 0 bridgehead atoms. The number of carbonyl (C=O) groups excluding carboxylic acids is 1. The first-order valence-corrected chi connectivity index (χ1v) is 5.20. The van der Waals surface area contributed by atoms with Gasteiger partial charge in [-0.3, -0.25) is 4.79 Å². The van der Waals surface area contributed by atoms with Crippen molar-refractivity contribution in [2.75, 3.05) is 0 Å². The Morgan fingerprint density at radius 3 is 2.67 bits per heavy atom. The molecule has 1 atom stereocenters. The maximum Gasteiger partial charge on any atom is 0.323 e. The molecule has 0 spiro atoms. The van der Waals surface area contributed by atoms with Gasteiger partial charge in [0.15, 0.2) is 0 Å². The molecule has 1 rings (SSSR count). The quantitative estimate of drug-likeness (QED) is 0.750. The van der Waals surface area contributed by atoms with Gasteiger partial charge in [0.05, 0.1) is 0 Å². The average Bonchev–Trinajstić information content (AvgIpc) is 2.27. The van der Waals surface area contributed by atoms with Crippen LogP contribution in [0.1, 0.15) is 25.3 Å².